The average molecular weight is 267 g/mol. The molecule has 1 aromatic rings. The lowest BCUT2D eigenvalue weighted by Crippen LogP contribution is -2.37. The number of rotatable bonds is 6. The summed E-state index contributed by atoms with van der Waals surface area (Å²) in [6.45, 7) is 10.9. The molecule has 0 atom stereocenters. The van der Waals surface area contributed by atoms with E-state index in [1.807, 2.05) is 0 Å². The molecule has 0 amide bonds. The van der Waals surface area contributed by atoms with Crippen LogP contribution in [0.4, 0.5) is 5.13 Å². The van der Waals surface area contributed by atoms with Crippen LogP contribution in [0.25, 0.3) is 0 Å². The topological polar surface area (TPSA) is 28.2 Å². The highest BCUT2D eigenvalue weighted by molar-refractivity contribution is 7.13. The van der Waals surface area contributed by atoms with Gasteiger partial charge >= 0.3 is 0 Å². The molecule has 0 unspecified atom stereocenters. The second kappa shape index (κ2) is 5.57. The summed E-state index contributed by atoms with van der Waals surface area (Å²) in [4.78, 5) is 7.22. The molecule has 1 aliphatic rings. The number of nitrogens with one attached hydrogen (secondary N) is 1. The summed E-state index contributed by atoms with van der Waals surface area (Å²) in [5.74, 6) is 0. The van der Waals surface area contributed by atoms with Crippen LogP contribution in [0.3, 0.4) is 0 Å². The highest BCUT2D eigenvalue weighted by Gasteiger charge is 2.29. The second-order valence-corrected chi connectivity index (χ2v) is 6.90. The number of thiazole rings is 1. The lowest BCUT2D eigenvalue weighted by Gasteiger charge is -2.20. The third kappa shape index (κ3) is 3.95. The van der Waals surface area contributed by atoms with Crippen molar-refractivity contribution < 1.29 is 0 Å². The van der Waals surface area contributed by atoms with Crippen molar-refractivity contribution in [2.75, 3.05) is 18.0 Å². The molecule has 1 aromatic heterocycles. The predicted octanol–water partition coefficient (Wildman–Crippen LogP) is 3.06. The van der Waals surface area contributed by atoms with Crippen LogP contribution in [-0.4, -0.2) is 29.7 Å². The molecule has 2 rings (SSSR count). The van der Waals surface area contributed by atoms with Crippen LogP contribution in [0, 0.1) is 0 Å². The van der Waals surface area contributed by atoms with Crippen molar-refractivity contribution in [3.63, 3.8) is 0 Å². The highest BCUT2D eigenvalue weighted by Crippen LogP contribution is 2.33. The molecule has 18 heavy (non-hydrogen) atoms. The number of aromatic nitrogens is 1. The zero-order valence-electron chi connectivity index (χ0n) is 12.0. The zero-order valence-corrected chi connectivity index (χ0v) is 12.8. The van der Waals surface area contributed by atoms with Crippen molar-refractivity contribution in [1.82, 2.24) is 10.3 Å². The molecule has 0 radical (unpaired) electrons. The Morgan fingerprint density at radius 1 is 1.44 bits per heavy atom. The molecule has 0 saturated heterocycles. The lowest BCUT2D eigenvalue weighted by molar-refractivity contribution is 0.429. The summed E-state index contributed by atoms with van der Waals surface area (Å²) in [6, 6.07) is 0.765. The molecule has 0 aromatic carbocycles. The summed E-state index contributed by atoms with van der Waals surface area (Å²) in [6.07, 6.45) is 3.71. The molecule has 102 valence electrons. The van der Waals surface area contributed by atoms with Crippen molar-refractivity contribution in [2.24, 2.45) is 0 Å². The van der Waals surface area contributed by atoms with Gasteiger partial charge in [-0.3, -0.25) is 0 Å². The van der Waals surface area contributed by atoms with Crippen LogP contribution in [0.2, 0.25) is 0 Å². The molecule has 1 N–H and O–H groups in total. The van der Waals surface area contributed by atoms with Gasteiger partial charge in [0.05, 0.1) is 5.69 Å². The van der Waals surface area contributed by atoms with E-state index in [-0.39, 0.29) is 5.54 Å². The van der Waals surface area contributed by atoms with Crippen LogP contribution in [0.5, 0.6) is 0 Å². The van der Waals surface area contributed by atoms with E-state index in [0.29, 0.717) is 0 Å². The number of hydrogen-bond donors (Lipinski definition) is 1. The minimum Gasteiger partial charge on any atom is -0.345 e. The first-order valence-corrected chi connectivity index (χ1v) is 7.83. The monoisotopic (exact) mass is 267 g/mol. The first kappa shape index (κ1) is 13.8. The maximum atomic E-state index is 4.77. The Hall–Kier alpha value is -0.610. The Morgan fingerprint density at radius 3 is 2.72 bits per heavy atom. The van der Waals surface area contributed by atoms with Crippen LogP contribution >= 0.6 is 11.3 Å². The van der Waals surface area contributed by atoms with E-state index in [2.05, 4.69) is 43.3 Å². The average Bonchev–Trinajstić information content (AvgIpc) is 2.99. The first-order chi connectivity index (χ1) is 8.49. The van der Waals surface area contributed by atoms with Gasteiger partial charge in [0.25, 0.3) is 0 Å². The van der Waals surface area contributed by atoms with E-state index in [1.54, 1.807) is 11.3 Å². The van der Waals surface area contributed by atoms with Gasteiger partial charge in [-0.15, -0.1) is 11.3 Å². The van der Waals surface area contributed by atoms with Gasteiger partial charge in [-0.05, 0) is 40.5 Å². The van der Waals surface area contributed by atoms with E-state index in [0.717, 1.165) is 25.6 Å². The van der Waals surface area contributed by atoms with Gasteiger partial charge in [-0.1, -0.05) is 0 Å². The van der Waals surface area contributed by atoms with Gasteiger partial charge in [0.1, 0.15) is 0 Å². The Morgan fingerprint density at radius 2 is 2.17 bits per heavy atom. The second-order valence-electron chi connectivity index (χ2n) is 6.07. The molecule has 0 bridgehead atoms. The Labute approximate surface area is 115 Å². The van der Waals surface area contributed by atoms with Crippen molar-refractivity contribution >= 4 is 16.5 Å². The predicted molar refractivity (Wildman–Crippen MR) is 79.6 cm³/mol. The third-order valence-corrected chi connectivity index (χ3v) is 4.08. The fourth-order valence-corrected chi connectivity index (χ4v) is 3.04. The number of anilines is 1. The normalized spacial score (nSPS) is 16.0. The van der Waals surface area contributed by atoms with Gasteiger partial charge in [0, 0.05) is 36.5 Å². The molecule has 0 aliphatic heterocycles. The Balaban J connectivity index is 1.85. The van der Waals surface area contributed by atoms with Crippen molar-refractivity contribution in [1.29, 1.82) is 0 Å². The van der Waals surface area contributed by atoms with Crippen molar-refractivity contribution in [3.8, 4) is 0 Å². The lowest BCUT2D eigenvalue weighted by atomic mass is 10.1. The van der Waals surface area contributed by atoms with Gasteiger partial charge in [-0.2, -0.15) is 0 Å². The van der Waals surface area contributed by atoms with E-state index < -0.39 is 0 Å². The maximum absolute atomic E-state index is 4.77. The van der Waals surface area contributed by atoms with E-state index in [1.165, 1.54) is 23.7 Å². The fraction of sp³-hybridized carbons (Fsp3) is 0.786. The van der Waals surface area contributed by atoms with Crippen LogP contribution in [0.1, 0.15) is 46.2 Å². The van der Waals surface area contributed by atoms with E-state index in [4.69, 9.17) is 4.98 Å². The minimum atomic E-state index is 0.197. The standard InChI is InChI=1S/C14H25N3S/c1-5-17(12-6-7-12)13-16-11(10-18-13)8-9-15-14(2,3)4/h10,12,15H,5-9H2,1-4H3. The Kier molecular flexibility index (Phi) is 4.28. The summed E-state index contributed by atoms with van der Waals surface area (Å²) in [5, 5.41) is 6.94. The van der Waals surface area contributed by atoms with E-state index in [9.17, 15) is 0 Å². The molecule has 0 spiro atoms. The quantitative estimate of drug-likeness (QED) is 0.858. The van der Waals surface area contributed by atoms with Crippen LogP contribution in [-0.2, 0) is 6.42 Å². The fourth-order valence-electron chi connectivity index (χ4n) is 2.04. The van der Waals surface area contributed by atoms with Gasteiger partial charge < -0.3 is 10.2 Å². The number of nitrogens with zero attached hydrogens (tertiary/aromatic N) is 2. The molecule has 3 nitrogen and oxygen atoms in total. The Bertz CT molecular complexity index is 377. The molecule has 1 heterocycles. The molecular formula is C14H25N3S. The highest BCUT2D eigenvalue weighted by atomic mass is 32.1. The molecule has 1 fully saturated rings. The molecule has 4 heteroatoms. The summed E-state index contributed by atoms with van der Waals surface area (Å²) >= 11 is 1.80. The largest absolute Gasteiger partial charge is 0.345 e. The summed E-state index contributed by atoms with van der Waals surface area (Å²) in [7, 11) is 0. The third-order valence-electron chi connectivity index (χ3n) is 3.15. The molecule has 1 aliphatic carbocycles. The van der Waals surface area contributed by atoms with Gasteiger partial charge in [0.15, 0.2) is 5.13 Å². The maximum Gasteiger partial charge on any atom is 0.185 e. The zero-order chi connectivity index (χ0) is 13.2. The summed E-state index contributed by atoms with van der Waals surface area (Å²) < 4.78 is 0. The minimum absolute atomic E-state index is 0.197. The first-order valence-electron chi connectivity index (χ1n) is 6.95. The number of hydrogen-bond acceptors (Lipinski definition) is 4. The van der Waals surface area contributed by atoms with E-state index >= 15 is 0 Å². The van der Waals surface area contributed by atoms with Crippen molar-refractivity contribution in [3.05, 3.63) is 11.1 Å². The van der Waals surface area contributed by atoms with Crippen molar-refractivity contribution in [2.45, 2.75) is 58.5 Å². The van der Waals surface area contributed by atoms with Gasteiger partial charge in [-0.25, -0.2) is 4.98 Å². The molecule has 1 saturated carbocycles. The SMILES string of the molecule is CCN(c1nc(CCNC(C)(C)C)cs1)C1CC1. The smallest absolute Gasteiger partial charge is 0.185 e. The van der Waals surface area contributed by atoms with Crippen LogP contribution < -0.4 is 10.2 Å². The van der Waals surface area contributed by atoms with Crippen LogP contribution in [0.15, 0.2) is 5.38 Å². The van der Waals surface area contributed by atoms with Gasteiger partial charge in [0.2, 0.25) is 0 Å². The molecular weight excluding hydrogens is 242 g/mol. The summed E-state index contributed by atoms with van der Waals surface area (Å²) in [5.41, 5.74) is 1.42.